The van der Waals surface area contributed by atoms with Crippen molar-refractivity contribution in [2.24, 2.45) is 4.99 Å². The van der Waals surface area contributed by atoms with Crippen LogP contribution in [0.4, 0.5) is 5.69 Å². The molecule has 1 aliphatic rings. The normalized spacial score (nSPS) is 13.6. The molecule has 0 unspecified atom stereocenters. The van der Waals surface area contributed by atoms with Crippen molar-refractivity contribution in [2.75, 3.05) is 6.61 Å². The summed E-state index contributed by atoms with van der Waals surface area (Å²) in [7, 11) is 0. The van der Waals surface area contributed by atoms with Gasteiger partial charge in [-0.25, -0.2) is 4.99 Å². The van der Waals surface area contributed by atoms with E-state index in [1.165, 1.54) is 0 Å². The minimum atomic E-state index is 0.439. The Labute approximate surface area is 115 Å². The third kappa shape index (κ3) is 2.09. The van der Waals surface area contributed by atoms with Gasteiger partial charge in [-0.05, 0) is 24.3 Å². The summed E-state index contributed by atoms with van der Waals surface area (Å²) < 4.78 is 5.65. The Kier molecular flexibility index (Phi) is 2.98. The molecule has 0 aromatic heterocycles. The first-order chi connectivity index (χ1) is 8.74. The molecule has 0 saturated heterocycles. The van der Waals surface area contributed by atoms with Gasteiger partial charge in [-0.1, -0.05) is 41.4 Å². The maximum Gasteiger partial charge on any atom is 0.145 e. The third-order valence-electron chi connectivity index (χ3n) is 2.74. The molecule has 0 bridgehead atoms. The summed E-state index contributed by atoms with van der Waals surface area (Å²) in [4.78, 5) is 4.58. The Hall–Kier alpha value is -1.51. The summed E-state index contributed by atoms with van der Waals surface area (Å²) >= 11 is 11.9. The summed E-state index contributed by atoms with van der Waals surface area (Å²) in [5, 5.41) is 1.06. The summed E-state index contributed by atoms with van der Waals surface area (Å²) in [5.74, 6) is 0.807. The van der Waals surface area contributed by atoms with Gasteiger partial charge < -0.3 is 4.74 Å². The number of halogens is 2. The van der Waals surface area contributed by atoms with Crippen LogP contribution in [0.3, 0.4) is 0 Å². The highest BCUT2D eigenvalue weighted by Crippen LogP contribution is 2.31. The van der Waals surface area contributed by atoms with Crippen molar-refractivity contribution in [3.63, 3.8) is 0 Å². The largest absolute Gasteiger partial charge is 0.485 e. The monoisotopic (exact) mass is 277 g/mol. The molecule has 0 amide bonds. The number of aliphatic imine (C=N–C) groups is 1. The molecule has 90 valence electrons. The molecule has 0 N–H and O–H groups in total. The Morgan fingerprint density at radius 1 is 1.00 bits per heavy atom. The molecule has 0 atom stereocenters. The van der Waals surface area contributed by atoms with Gasteiger partial charge in [0.1, 0.15) is 18.0 Å². The van der Waals surface area contributed by atoms with Gasteiger partial charge in [-0.2, -0.15) is 0 Å². The number of fused-ring (bicyclic) bond motifs is 1. The Bertz CT molecular complexity index is 637. The number of benzene rings is 2. The zero-order valence-corrected chi connectivity index (χ0v) is 10.9. The van der Waals surface area contributed by atoms with Crippen molar-refractivity contribution in [3.05, 3.63) is 58.1 Å². The molecule has 1 aliphatic heterocycles. The number of para-hydroxylation sites is 2. The maximum absolute atomic E-state index is 6.01. The van der Waals surface area contributed by atoms with Crippen LogP contribution in [0.15, 0.2) is 47.5 Å². The van der Waals surface area contributed by atoms with E-state index in [0.717, 1.165) is 22.7 Å². The molecule has 0 spiro atoms. The van der Waals surface area contributed by atoms with Gasteiger partial charge in [0, 0.05) is 5.56 Å². The average Bonchev–Trinajstić information content (AvgIpc) is 2.41. The highest BCUT2D eigenvalue weighted by Gasteiger charge is 2.14. The molecule has 1 heterocycles. The minimum Gasteiger partial charge on any atom is -0.485 e. The second-order valence-electron chi connectivity index (χ2n) is 3.94. The van der Waals surface area contributed by atoms with Gasteiger partial charge in [0.15, 0.2) is 0 Å². The zero-order chi connectivity index (χ0) is 12.5. The lowest BCUT2D eigenvalue weighted by atomic mass is 10.1. The van der Waals surface area contributed by atoms with E-state index >= 15 is 0 Å². The zero-order valence-electron chi connectivity index (χ0n) is 9.36. The minimum absolute atomic E-state index is 0.439. The Balaban J connectivity index is 2.04. The number of ether oxygens (including phenoxy) is 1. The van der Waals surface area contributed by atoms with Crippen molar-refractivity contribution in [1.29, 1.82) is 0 Å². The van der Waals surface area contributed by atoms with E-state index in [-0.39, 0.29) is 0 Å². The van der Waals surface area contributed by atoms with Crippen LogP contribution >= 0.6 is 23.2 Å². The topological polar surface area (TPSA) is 21.6 Å². The van der Waals surface area contributed by atoms with E-state index in [2.05, 4.69) is 4.99 Å². The lowest BCUT2D eigenvalue weighted by Crippen LogP contribution is -2.16. The summed E-state index contributed by atoms with van der Waals surface area (Å²) in [5.41, 5.74) is 2.62. The quantitative estimate of drug-likeness (QED) is 0.752. The molecule has 0 fully saturated rings. The predicted octanol–water partition coefficient (Wildman–Crippen LogP) is 4.51. The van der Waals surface area contributed by atoms with Gasteiger partial charge in [-0.15, -0.1) is 0 Å². The van der Waals surface area contributed by atoms with Crippen molar-refractivity contribution >= 4 is 34.6 Å². The predicted molar refractivity (Wildman–Crippen MR) is 74.6 cm³/mol. The number of nitrogens with zero attached hydrogens (tertiary/aromatic N) is 1. The Morgan fingerprint density at radius 3 is 2.67 bits per heavy atom. The molecule has 2 aromatic carbocycles. The maximum atomic E-state index is 6.01. The lowest BCUT2D eigenvalue weighted by Gasteiger charge is -2.17. The first-order valence-electron chi connectivity index (χ1n) is 5.49. The lowest BCUT2D eigenvalue weighted by molar-refractivity contribution is 0.373. The van der Waals surface area contributed by atoms with Crippen LogP contribution in [-0.4, -0.2) is 12.3 Å². The molecule has 0 saturated carbocycles. The van der Waals surface area contributed by atoms with E-state index in [1.54, 1.807) is 12.1 Å². The molecule has 18 heavy (non-hydrogen) atoms. The molecular weight excluding hydrogens is 269 g/mol. The van der Waals surface area contributed by atoms with Crippen molar-refractivity contribution in [3.8, 4) is 5.75 Å². The van der Waals surface area contributed by atoms with E-state index in [4.69, 9.17) is 27.9 Å². The van der Waals surface area contributed by atoms with Crippen molar-refractivity contribution in [1.82, 2.24) is 0 Å². The molecule has 0 aliphatic carbocycles. The van der Waals surface area contributed by atoms with Gasteiger partial charge in [0.2, 0.25) is 0 Å². The highest BCUT2D eigenvalue weighted by atomic mass is 35.5. The summed E-state index contributed by atoms with van der Waals surface area (Å²) in [6.45, 7) is 0.439. The van der Waals surface area contributed by atoms with Crippen LogP contribution in [0.1, 0.15) is 5.56 Å². The van der Waals surface area contributed by atoms with Gasteiger partial charge in [0.05, 0.1) is 15.8 Å². The van der Waals surface area contributed by atoms with Crippen LogP contribution in [0.5, 0.6) is 5.75 Å². The number of hydrogen-bond donors (Lipinski definition) is 0. The van der Waals surface area contributed by atoms with Crippen LogP contribution in [0.25, 0.3) is 0 Å². The standard InChI is InChI=1S/C14H9Cl2NO/c15-10-6-5-9(7-11(10)16)13-8-18-14-4-2-1-3-12(14)17-13/h1-7H,8H2. The fourth-order valence-electron chi connectivity index (χ4n) is 1.82. The van der Waals surface area contributed by atoms with Crippen LogP contribution < -0.4 is 4.74 Å². The molecular formula is C14H9Cl2NO. The van der Waals surface area contributed by atoms with Crippen LogP contribution in [-0.2, 0) is 0 Å². The van der Waals surface area contributed by atoms with Crippen LogP contribution in [0, 0.1) is 0 Å². The molecule has 2 nitrogen and oxygen atoms in total. The van der Waals surface area contributed by atoms with Gasteiger partial charge in [-0.3, -0.25) is 0 Å². The smallest absolute Gasteiger partial charge is 0.145 e. The van der Waals surface area contributed by atoms with Crippen molar-refractivity contribution in [2.45, 2.75) is 0 Å². The number of hydrogen-bond acceptors (Lipinski definition) is 2. The van der Waals surface area contributed by atoms with E-state index < -0.39 is 0 Å². The fourth-order valence-corrected chi connectivity index (χ4v) is 2.12. The van der Waals surface area contributed by atoms with Crippen molar-refractivity contribution < 1.29 is 4.74 Å². The van der Waals surface area contributed by atoms with Crippen LogP contribution in [0.2, 0.25) is 10.0 Å². The second kappa shape index (κ2) is 4.63. The summed E-state index contributed by atoms with van der Waals surface area (Å²) in [6, 6.07) is 13.2. The molecule has 3 rings (SSSR count). The molecule has 0 radical (unpaired) electrons. The summed E-state index contributed by atoms with van der Waals surface area (Å²) in [6.07, 6.45) is 0. The van der Waals surface area contributed by atoms with E-state index in [1.807, 2.05) is 30.3 Å². The SMILES string of the molecule is Clc1ccc(C2=Nc3ccccc3OC2)cc1Cl. The third-order valence-corrected chi connectivity index (χ3v) is 3.48. The molecule has 4 heteroatoms. The highest BCUT2D eigenvalue weighted by molar-refractivity contribution is 6.42. The van der Waals surface area contributed by atoms with E-state index in [9.17, 15) is 0 Å². The second-order valence-corrected chi connectivity index (χ2v) is 4.76. The average molecular weight is 278 g/mol. The number of rotatable bonds is 1. The Morgan fingerprint density at radius 2 is 1.83 bits per heavy atom. The fraction of sp³-hybridized carbons (Fsp3) is 0.0714. The molecule has 2 aromatic rings. The van der Waals surface area contributed by atoms with Gasteiger partial charge in [0.25, 0.3) is 0 Å². The first kappa shape index (κ1) is 11.6. The first-order valence-corrected chi connectivity index (χ1v) is 6.24. The van der Waals surface area contributed by atoms with Gasteiger partial charge >= 0.3 is 0 Å². The van der Waals surface area contributed by atoms with E-state index in [0.29, 0.717) is 16.7 Å².